The molecule has 0 radical (unpaired) electrons. The topological polar surface area (TPSA) is 34.9 Å². The molecule has 0 spiro atoms. The Balaban J connectivity index is 3.18. The Morgan fingerprint density at radius 3 is 2.25 bits per heavy atom. The van der Waals surface area contributed by atoms with Crippen LogP contribution in [-0.4, -0.2) is 16.1 Å². The molecule has 90 valence electrons. The van der Waals surface area contributed by atoms with Gasteiger partial charge in [-0.25, -0.2) is 0 Å². The second kappa shape index (κ2) is 4.81. The molecule has 1 rings (SSSR count). The maximum atomic E-state index is 11.1. The van der Waals surface area contributed by atoms with E-state index in [1.807, 2.05) is 11.6 Å². The predicted molar refractivity (Wildman–Crippen MR) is 65.8 cm³/mol. The van der Waals surface area contributed by atoms with Gasteiger partial charge in [-0.15, -0.1) is 0 Å². The van der Waals surface area contributed by atoms with Crippen molar-refractivity contribution >= 4 is 6.29 Å². The van der Waals surface area contributed by atoms with Crippen molar-refractivity contribution in [2.45, 2.75) is 54.0 Å². The average Bonchev–Trinajstić information content (AvgIpc) is 2.52. The van der Waals surface area contributed by atoms with Gasteiger partial charge in [-0.05, 0) is 18.3 Å². The number of hydrogen-bond donors (Lipinski definition) is 0. The van der Waals surface area contributed by atoms with Crippen LogP contribution in [-0.2, 0) is 19.4 Å². The zero-order valence-electron chi connectivity index (χ0n) is 11.0. The summed E-state index contributed by atoms with van der Waals surface area (Å²) in [5.74, 6) is 0. The third kappa shape index (κ3) is 2.71. The highest BCUT2D eigenvalue weighted by molar-refractivity contribution is 5.78. The predicted octanol–water partition coefficient (Wildman–Crippen LogP) is 2.87. The van der Waals surface area contributed by atoms with Crippen LogP contribution in [0.2, 0.25) is 0 Å². The highest BCUT2D eigenvalue weighted by Gasteiger charge is 2.19. The molecule has 0 saturated carbocycles. The van der Waals surface area contributed by atoms with Crippen LogP contribution in [0.4, 0.5) is 0 Å². The molecule has 0 atom stereocenters. The zero-order valence-corrected chi connectivity index (χ0v) is 11.0. The van der Waals surface area contributed by atoms with Gasteiger partial charge in [0.15, 0.2) is 6.29 Å². The number of rotatable bonds is 4. The fraction of sp³-hybridized carbons (Fsp3) is 0.692. The van der Waals surface area contributed by atoms with Crippen LogP contribution in [0.15, 0.2) is 0 Å². The summed E-state index contributed by atoms with van der Waals surface area (Å²) in [6, 6.07) is 0. The molecule has 1 aromatic rings. The maximum Gasteiger partial charge on any atom is 0.153 e. The van der Waals surface area contributed by atoms with Crippen LogP contribution in [0.25, 0.3) is 0 Å². The lowest BCUT2D eigenvalue weighted by Gasteiger charge is -2.19. The quantitative estimate of drug-likeness (QED) is 0.734. The first kappa shape index (κ1) is 12.9. The van der Waals surface area contributed by atoms with E-state index >= 15 is 0 Å². The van der Waals surface area contributed by atoms with Crippen molar-refractivity contribution in [3.63, 3.8) is 0 Å². The molecular formula is C13H22N2O. The molecule has 3 heteroatoms. The molecule has 0 aliphatic carbocycles. The molecule has 0 bridgehead atoms. The third-order valence-electron chi connectivity index (χ3n) is 2.59. The monoisotopic (exact) mass is 222 g/mol. The van der Waals surface area contributed by atoms with Crippen molar-refractivity contribution in [2.24, 2.45) is 5.41 Å². The number of aldehydes is 1. The first-order chi connectivity index (χ1) is 7.42. The lowest BCUT2D eigenvalue weighted by Crippen LogP contribution is -2.18. The summed E-state index contributed by atoms with van der Waals surface area (Å²) in [5.41, 5.74) is 2.98. The van der Waals surface area contributed by atoms with Crippen LogP contribution in [0.5, 0.6) is 0 Å². The second-order valence-electron chi connectivity index (χ2n) is 5.35. The van der Waals surface area contributed by atoms with E-state index < -0.39 is 0 Å². The number of aromatic nitrogens is 2. The van der Waals surface area contributed by atoms with E-state index in [2.05, 4.69) is 32.8 Å². The number of hydrogen-bond acceptors (Lipinski definition) is 2. The third-order valence-corrected chi connectivity index (χ3v) is 2.59. The lowest BCUT2D eigenvalue weighted by molar-refractivity contribution is 0.112. The minimum absolute atomic E-state index is 0.182. The highest BCUT2D eigenvalue weighted by Crippen LogP contribution is 2.21. The maximum absolute atomic E-state index is 11.1. The number of nitrogens with zero attached hydrogens (tertiary/aromatic N) is 2. The molecule has 0 aromatic carbocycles. The minimum Gasteiger partial charge on any atom is -0.298 e. The molecule has 0 unspecified atom stereocenters. The van der Waals surface area contributed by atoms with Crippen LogP contribution >= 0.6 is 0 Å². The Labute approximate surface area is 97.8 Å². The van der Waals surface area contributed by atoms with Gasteiger partial charge in [-0.2, -0.15) is 5.10 Å². The summed E-state index contributed by atoms with van der Waals surface area (Å²) >= 11 is 0. The summed E-state index contributed by atoms with van der Waals surface area (Å²) in [7, 11) is 0. The van der Waals surface area contributed by atoms with Crippen molar-refractivity contribution in [1.29, 1.82) is 0 Å². The number of carbonyl (C=O) groups excluding carboxylic acids is 1. The van der Waals surface area contributed by atoms with Crippen LogP contribution < -0.4 is 0 Å². The Morgan fingerprint density at radius 1 is 1.25 bits per heavy atom. The summed E-state index contributed by atoms with van der Waals surface area (Å²) in [6.07, 6.45) is 2.62. The van der Waals surface area contributed by atoms with E-state index in [1.54, 1.807) is 0 Å². The Hall–Kier alpha value is -1.12. The highest BCUT2D eigenvalue weighted by atomic mass is 16.1. The van der Waals surface area contributed by atoms with Crippen LogP contribution in [0.3, 0.4) is 0 Å². The van der Waals surface area contributed by atoms with E-state index in [-0.39, 0.29) is 5.41 Å². The van der Waals surface area contributed by atoms with Gasteiger partial charge in [0.25, 0.3) is 0 Å². The van der Waals surface area contributed by atoms with E-state index in [1.165, 1.54) is 0 Å². The van der Waals surface area contributed by atoms with Crippen LogP contribution in [0, 0.1) is 5.41 Å². The van der Waals surface area contributed by atoms with Crippen molar-refractivity contribution in [3.8, 4) is 0 Å². The van der Waals surface area contributed by atoms with Crippen molar-refractivity contribution in [3.05, 3.63) is 17.0 Å². The minimum atomic E-state index is 0.182. The molecule has 0 fully saturated rings. The molecule has 0 saturated heterocycles. The molecule has 0 N–H and O–H groups in total. The Morgan fingerprint density at radius 2 is 1.88 bits per heavy atom. The van der Waals surface area contributed by atoms with E-state index in [0.717, 1.165) is 42.6 Å². The molecule has 0 aliphatic rings. The largest absolute Gasteiger partial charge is 0.298 e. The normalized spacial score (nSPS) is 11.8. The SMILES string of the molecule is CCc1nn(CC(C)(C)C)c(CC)c1C=O. The molecule has 16 heavy (non-hydrogen) atoms. The van der Waals surface area contributed by atoms with Gasteiger partial charge in [0.2, 0.25) is 0 Å². The molecule has 3 nitrogen and oxygen atoms in total. The van der Waals surface area contributed by atoms with Gasteiger partial charge in [0.1, 0.15) is 0 Å². The summed E-state index contributed by atoms with van der Waals surface area (Å²) in [5, 5.41) is 4.54. The zero-order chi connectivity index (χ0) is 12.3. The first-order valence-electron chi connectivity index (χ1n) is 5.96. The van der Waals surface area contributed by atoms with E-state index in [0.29, 0.717) is 0 Å². The average molecular weight is 222 g/mol. The van der Waals surface area contributed by atoms with Gasteiger partial charge in [0, 0.05) is 12.2 Å². The fourth-order valence-corrected chi connectivity index (χ4v) is 1.92. The summed E-state index contributed by atoms with van der Waals surface area (Å²) < 4.78 is 2.00. The molecule has 1 heterocycles. The van der Waals surface area contributed by atoms with Gasteiger partial charge in [-0.1, -0.05) is 34.6 Å². The lowest BCUT2D eigenvalue weighted by atomic mass is 9.97. The first-order valence-corrected chi connectivity index (χ1v) is 5.96. The molecule has 0 aliphatic heterocycles. The summed E-state index contributed by atoms with van der Waals surface area (Å²) in [6.45, 7) is 11.5. The molecule has 0 amide bonds. The van der Waals surface area contributed by atoms with Crippen molar-refractivity contribution in [2.75, 3.05) is 0 Å². The molecular weight excluding hydrogens is 200 g/mol. The van der Waals surface area contributed by atoms with Gasteiger partial charge >= 0.3 is 0 Å². The second-order valence-corrected chi connectivity index (χ2v) is 5.35. The Kier molecular flexibility index (Phi) is 3.89. The van der Waals surface area contributed by atoms with Crippen molar-refractivity contribution < 1.29 is 4.79 Å². The molecule has 1 aromatic heterocycles. The van der Waals surface area contributed by atoms with E-state index in [9.17, 15) is 4.79 Å². The fourth-order valence-electron chi connectivity index (χ4n) is 1.92. The van der Waals surface area contributed by atoms with Crippen molar-refractivity contribution in [1.82, 2.24) is 9.78 Å². The van der Waals surface area contributed by atoms with Gasteiger partial charge in [0.05, 0.1) is 11.3 Å². The number of carbonyl (C=O) groups is 1. The van der Waals surface area contributed by atoms with E-state index in [4.69, 9.17) is 0 Å². The Bertz CT molecular complexity index is 372. The number of aryl methyl sites for hydroxylation is 1. The summed E-state index contributed by atoms with van der Waals surface area (Å²) in [4.78, 5) is 11.1. The standard InChI is InChI=1S/C13H22N2O/c1-6-11-10(8-16)12(7-2)15(14-11)9-13(3,4)5/h8H,6-7,9H2,1-5H3. The van der Waals surface area contributed by atoms with Gasteiger partial charge < -0.3 is 0 Å². The van der Waals surface area contributed by atoms with Crippen LogP contribution in [0.1, 0.15) is 56.4 Å². The van der Waals surface area contributed by atoms with Gasteiger partial charge in [-0.3, -0.25) is 9.48 Å². The smallest absolute Gasteiger partial charge is 0.153 e.